The van der Waals surface area contributed by atoms with Gasteiger partial charge in [-0.15, -0.1) is 0 Å². The van der Waals surface area contributed by atoms with Gasteiger partial charge in [0.2, 0.25) is 5.90 Å². The van der Waals surface area contributed by atoms with Crippen LogP contribution in [-0.2, 0) is 4.74 Å². The molecule has 84 valence electrons. The molecule has 0 aromatic rings. The van der Waals surface area contributed by atoms with Crippen LogP contribution < -0.4 is 0 Å². The summed E-state index contributed by atoms with van der Waals surface area (Å²) in [6.45, 7) is 2.40. The van der Waals surface area contributed by atoms with Crippen molar-refractivity contribution in [1.29, 1.82) is 5.41 Å². The van der Waals surface area contributed by atoms with E-state index in [-0.39, 0.29) is 9.57 Å². The number of hydrogen-bond donors (Lipinski definition) is 1. The number of likely N-dealkylation sites (N-methyl/N-ethyl adjacent to an activating group) is 2. The number of nitrogens with zero attached hydrogens (tertiary/aromatic N) is 2. The Bertz CT molecular complexity index is 289. The van der Waals surface area contributed by atoms with Gasteiger partial charge in [-0.2, -0.15) is 0 Å². The zero-order valence-corrected chi connectivity index (χ0v) is 11.4. The molecule has 1 rings (SSSR count). The van der Waals surface area contributed by atoms with Crippen LogP contribution in [-0.4, -0.2) is 40.1 Å². The number of rotatable bonds is 3. The average molecular weight is 321 g/mol. The van der Waals surface area contributed by atoms with Crippen molar-refractivity contribution >= 4 is 28.5 Å². The van der Waals surface area contributed by atoms with Crippen LogP contribution in [0.5, 0.6) is 0 Å². The lowest BCUT2D eigenvalue weighted by Gasteiger charge is -2.34. The van der Waals surface area contributed by atoms with Gasteiger partial charge < -0.3 is 14.5 Å². The second-order valence-electron chi connectivity index (χ2n) is 3.29. The molecule has 0 aromatic heterocycles. The summed E-state index contributed by atoms with van der Waals surface area (Å²) in [6.07, 6.45) is 7.64. The zero-order chi connectivity index (χ0) is 11.5. The molecule has 1 heterocycles. The van der Waals surface area contributed by atoms with Gasteiger partial charge in [0.05, 0.1) is 6.61 Å². The van der Waals surface area contributed by atoms with E-state index >= 15 is 0 Å². The van der Waals surface area contributed by atoms with E-state index in [1.54, 1.807) is 6.08 Å². The lowest BCUT2D eigenvalue weighted by atomic mass is 10.3. The van der Waals surface area contributed by atoms with E-state index in [2.05, 4.69) is 32.4 Å². The van der Waals surface area contributed by atoms with Crippen molar-refractivity contribution in [2.24, 2.45) is 0 Å². The first-order valence-corrected chi connectivity index (χ1v) is 5.82. The van der Waals surface area contributed by atoms with E-state index in [0.29, 0.717) is 6.61 Å². The Morgan fingerprint density at radius 3 is 2.47 bits per heavy atom. The second kappa shape index (κ2) is 4.87. The molecule has 0 spiro atoms. The van der Waals surface area contributed by atoms with Gasteiger partial charge in [-0.25, -0.2) is 0 Å². The summed E-state index contributed by atoms with van der Waals surface area (Å²) in [7, 11) is 4.00. The van der Waals surface area contributed by atoms with E-state index in [9.17, 15) is 0 Å². The summed E-state index contributed by atoms with van der Waals surface area (Å²) >= 11 is 2.33. The SMILES string of the molecule is CCOC(=N)C=CC1(I)N(C)C=CN1C. The van der Waals surface area contributed by atoms with Crippen molar-refractivity contribution in [3.8, 4) is 0 Å². The van der Waals surface area contributed by atoms with Crippen molar-refractivity contribution in [3.63, 3.8) is 0 Å². The normalized spacial score (nSPS) is 18.9. The van der Waals surface area contributed by atoms with Crippen LogP contribution in [0.25, 0.3) is 0 Å². The Hall–Kier alpha value is -0.720. The molecule has 0 unspecified atom stereocenters. The Morgan fingerprint density at radius 2 is 2.00 bits per heavy atom. The maximum Gasteiger partial charge on any atom is 0.205 e. The molecular weight excluding hydrogens is 305 g/mol. The number of ether oxygens (including phenoxy) is 1. The molecule has 0 aromatic carbocycles. The third kappa shape index (κ3) is 2.64. The van der Waals surface area contributed by atoms with Crippen molar-refractivity contribution in [2.75, 3.05) is 20.7 Å². The minimum Gasteiger partial charge on any atom is -0.478 e. The number of nitrogens with one attached hydrogen (secondary N) is 1. The zero-order valence-electron chi connectivity index (χ0n) is 9.20. The van der Waals surface area contributed by atoms with Crippen LogP contribution in [0.1, 0.15) is 6.92 Å². The largest absolute Gasteiger partial charge is 0.478 e. The van der Waals surface area contributed by atoms with Crippen LogP contribution in [0.15, 0.2) is 24.6 Å². The minimum atomic E-state index is -0.235. The predicted octanol–water partition coefficient (Wildman–Crippen LogP) is 1.99. The molecule has 0 atom stereocenters. The molecular formula is C10H16IN3O. The smallest absolute Gasteiger partial charge is 0.205 e. The van der Waals surface area contributed by atoms with Gasteiger partial charge in [0.15, 0.2) is 3.67 Å². The number of halogens is 1. The van der Waals surface area contributed by atoms with E-state index in [1.165, 1.54) is 0 Å². The molecule has 0 amide bonds. The topological polar surface area (TPSA) is 39.6 Å². The second-order valence-corrected chi connectivity index (χ2v) is 4.87. The fourth-order valence-corrected chi connectivity index (χ4v) is 1.78. The average Bonchev–Trinajstić information content (AvgIpc) is 2.44. The van der Waals surface area contributed by atoms with Crippen molar-refractivity contribution in [3.05, 3.63) is 24.6 Å². The molecule has 0 saturated carbocycles. The summed E-state index contributed by atoms with van der Waals surface area (Å²) in [4.78, 5) is 4.15. The van der Waals surface area contributed by atoms with E-state index in [0.717, 1.165) is 0 Å². The maximum atomic E-state index is 7.50. The quantitative estimate of drug-likeness (QED) is 0.284. The highest BCUT2D eigenvalue weighted by Crippen LogP contribution is 2.32. The Balaban J connectivity index is 2.68. The maximum absolute atomic E-state index is 7.50. The molecule has 0 saturated heterocycles. The van der Waals surface area contributed by atoms with E-state index < -0.39 is 0 Å². The summed E-state index contributed by atoms with van der Waals surface area (Å²) < 4.78 is 4.82. The predicted molar refractivity (Wildman–Crippen MR) is 69.9 cm³/mol. The van der Waals surface area contributed by atoms with Crippen LogP contribution in [0.2, 0.25) is 0 Å². The summed E-state index contributed by atoms with van der Waals surface area (Å²) in [5, 5.41) is 7.50. The van der Waals surface area contributed by atoms with Gasteiger partial charge in [0.1, 0.15) is 0 Å². The molecule has 1 aliphatic heterocycles. The molecule has 15 heavy (non-hydrogen) atoms. The van der Waals surface area contributed by atoms with Crippen LogP contribution in [0, 0.1) is 5.41 Å². The number of hydrogen-bond acceptors (Lipinski definition) is 4. The van der Waals surface area contributed by atoms with Gasteiger partial charge in [-0.3, -0.25) is 5.41 Å². The molecule has 1 aliphatic rings. The summed E-state index contributed by atoms with van der Waals surface area (Å²) in [6, 6.07) is 0. The summed E-state index contributed by atoms with van der Waals surface area (Å²) in [5.41, 5.74) is 0. The highest BCUT2D eigenvalue weighted by atomic mass is 127. The number of alkyl halides is 1. The Kier molecular flexibility index (Phi) is 4.01. The highest BCUT2D eigenvalue weighted by Gasteiger charge is 2.34. The van der Waals surface area contributed by atoms with Crippen LogP contribution in [0.4, 0.5) is 0 Å². The van der Waals surface area contributed by atoms with Crippen molar-refractivity contribution in [1.82, 2.24) is 9.80 Å². The fourth-order valence-electron chi connectivity index (χ4n) is 1.28. The Morgan fingerprint density at radius 1 is 1.47 bits per heavy atom. The molecule has 0 radical (unpaired) electrons. The highest BCUT2D eigenvalue weighted by molar-refractivity contribution is 14.1. The van der Waals surface area contributed by atoms with E-state index in [1.807, 2.05) is 39.5 Å². The Labute approximate surface area is 104 Å². The molecule has 4 nitrogen and oxygen atoms in total. The molecule has 0 aliphatic carbocycles. The summed E-state index contributed by atoms with van der Waals surface area (Å²) in [5.74, 6) is 0.197. The monoisotopic (exact) mass is 321 g/mol. The third-order valence-electron chi connectivity index (χ3n) is 2.25. The molecule has 1 N–H and O–H groups in total. The van der Waals surface area contributed by atoms with Crippen molar-refractivity contribution in [2.45, 2.75) is 10.6 Å². The first kappa shape index (κ1) is 12.4. The van der Waals surface area contributed by atoms with Crippen LogP contribution >= 0.6 is 22.6 Å². The standard InChI is InChI=1S/C10H16IN3O/c1-4-15-9(12)5-6-10(11)13(2)7-8-14(10)3/h5-8,12H,4H2,1-3H3. The molecule has 0 fully saturated rings. The van der Waals surface area contributed by atoms with Gasteiger partial charge >= 0.3 is 0 Å². The van der Waals surface area contributed by atoms with Gasteiger partial charge in [-0.1, -0.05) is 0 Å². The molecule has 5 heteroatoms. The van der Waals surface area contributed by atoms with Gasteiger partial charge in [0.25, 0.3) is 0 Å². The minimum absolute atomic E-state index is 0.197. The van der Waals surface area contributed by atoms with Gasteiger partial charge in [0, 0.05) is 32.6 Å². The van der Waals surface area contributed by atoms with Crippen LogP contribution in [0.3, 0.4) is 0 Å². The fraction of sp³-hybridized carbons (Fsp3) is 0.500. The van der Waals surface area contributed by atoms with E-state index in [4.69, 9.17) is 10.1 Å². The first-order chi connectivity index (χ1) is 7.00. The lowest BCUT2D eigenvalue weighted by Crippen LogP contribution is -2.42. The molecule has 0 bridgehead atoms. The lowest BCUT2D eigenvalue weighted by molar-refractivity contribution is 0.238. The van der Waals surface area contributed by atoms with Gasteiger partial charge in [-0.05, 0) is 35.6 Å². The third-order valence-corrected chi connectivity index (χ3v) is 4.13. The van der Waals surface area contributed by atoms with Crippen molar-refractivity contribution < 1.29 is 4.74 Å². The first-order valence-electron chi connectivity index (χ1n) is 4.74.